The Kier molecular flexibility index (Phi) is 4.35. The van der Waals surface area contributed by atoms with Gasteiger partial charge in [0.1, 0.15) is 0 Å². The molecule has 0 atom stereocenters. The number of halogens is 1. The zero-order valence-electron chi connectivity index (χ0n) is 12.3. The molecule has 120 valence electrons. The van der Waals surface area contributed by atoms with E-state index in [0.717, 1.165) is 54.1 Å². The first-order valence-corrected chi connectivity index (χ1v) is 9.36. The molecular formula is C15H15ClN4OS2. The molecule has 1 saturated heterocycles. The lowest BCUT2D eigenvalue weighted by Gasteiger charge is -2.25. The molecule has 0 amide bonds. The number of ether oxygens (including phenoxy) is 1. The van der Waals surface area contributed by atoms with Crippen molar-refractivity contribution in [2.24, 2.45) is 0 Å². The van der Waals surface area contributed by atoms with Crippen LogP contribution in [0.5, 0.6) is 0 Å². The number of benzene rings is 1. The van der Waals surface area contributed by atoms with Gasteiger partial charge in [0.2, 0.25) is 0 Å². The van der Waals surface area contributed by atoms with Gasteiger partial charge in [-0.2, -0.15) is 0 Å². The second-order valence-corrected chi connectivity index (χ2v) is 7.92. The predicted octanol–water partition coefficient (Wildman–Crippen LogP) is 3.85. The summed E-state index contributed by atoms with van der Waals surface area (Å²) in [7, 11) is 0. The Morgan fingerprint density at radius 2 is 2.13 bits per heavy atom. The molecule has 0 unspecified atom stereocenters. The van der Waals surface area contributed by atoms with E-state index in [-0.39, 0.29) is 0 Å². The summed E-state index contributed by atoms with van der Waals surface area (Å²) in [5, 5.41) is 4.49. The van der Waals surface area contributed by atoms with Gasteiger partial charge in [-0.3, -0.25) is 0 Å². The van der Waals surface area contributed by atoms with Crippen LogP contribution in [0.3, 0.4) is 0 Å². The van der Waals surface area contributed by atoms with Crippen molar-refractivity contribution in [2.45, 2.75) is 6.54 Å². The van der Waals surface area contributed by atoms with Gasteiger partial charge in [-0.25, -0.2) is 9.97 Å². The lowest BCUT2D eigenvalue weighted by molar-refractivity contribution is 0.122. The molecule has 1 N–H and O–H groups in total. The average Bonchev–Trinajstić information content (AvgIpc) is 3.19. The SMILES string of the molecule is Clc1ncc(CNc2ccc3nc(N4CCOCC4)sc3c2)s1. The van der Waals surface area contributed by atoms with Gasteiger partial charge in [0, 0.05) is 29.9 Å². The Morgan fingerprint density at radius 1 is 1.26 bits per heavy atom. The van der Waals surface area contributed by atoms with Gasteiger partial charge in [0.05, 0.1) is 30.0 Å². The lowest BCUT2D eigenvalue weighted by atomic mass is 10.3. The maximum atomic E-state index is 5.86. The first kappa shape index (κ1) is 15.1. The Bertz CT molecular complexity index is 813. The number of hydrogen-bond donors (Lipinski definition) is 1. The van der Waals surface area contributed by atoms with E-state index in [1.807, 2.05) is 6.20 Å². The summed E-state index contributed by atoms with van der Waals surface area (Å²) in [6, 6.07) is 6.28. The van der Waals surface area contributed by atoms with Crippen molar-refractivity contribution >= 4 is 55.3 Å². The summed E-state index contributed by atoms with van der Waals surface area (Å²) in [4.78, 5) is 12.2. The van der Waals surface area contributed by atoms with Gasteiger partial charge in [-0.1, -0.05) is 22.9 Å². The molecule has 5 nitrogen and oxygen atoms in total. The highest BCUT2D eigenvalue weighted by atomic mass is 35.5. The molecule has 3 heterocycles. The predicted molar refractivity (Wildman–Crippen MR) is 97.1 cm³/mol. The minimum atomic E-state index is 0.579. The number of anilines is 2. The summed E-state index contributed by atoms with van der Waals surface area (Å²) in [6.45, 7) is 4.11. The molecule has 1 fully saturated rings. The number of nitrogens with one attached hydrogen (secondary N) is 1. The summed E-state index contributed by atoms with van der Waals surface area (Å²) in [5.74, 6) is 0. The number of nitrogens with zero attached hydrogens (tertiary/aromatic N) is 3. The first-order chi connectivity index (χ1) is 11.3. The third-order valence-electron chi connectivity index (χ3n) is 3.65. The number of aromatic nitrogens is 2. The Morgan fingerprint density at radius 3 is 2.91 bits per heavy atom. The number of thiazole rings is 2. The third kappa shape index (κ3) is 3.42. The van der Waals surface area contributed by atoms with Crippen molar-refractivity contribution in [1.82, 2.24) is 9.97 Å². The van der Waals surface area contributed by atoms with E-state index in [1.54, 1.807) is 11.3 Å². The Balaban J connectivity index is 1.50. The molecule has 1 aliphatic heterocycles. The maximum Gasteiger partial charge on any atom is 0.186 e. The molecule has 2 aromatic heterocycles. The van der Waals surface area contributed by atoms with E-state index in [4.69, 9.17) is 21.3 Å². The topological polar surface area (TPSA) is 50.3 Å². The lowest BCUT2D eigenvalue weighted by Crippen LogP contribution is -2.36. The monoisotopic (exact) mass is 366 g/mol. The van der Waals surface area contributed by atoms with Crippen LogP contribution in [-0.2, 0) is 11.3 Å². The second kappa shape index (κ2) is 6.60. The molecule has 23 heavy (non-hydrogen) atoms. The highest BCUT2D eigenvalue weighted by Crippen LogP contribution is 2.31. The van der Waals surface area contributed by atoms with Crippen molar-refractivity contribution in [3.8, 4) is 0 Å². The average molecular weight is 367 g/mol. The smallest absolute Gasteiger partial charge is 0.186 e. The molecule has 0 radical (unpaired) electrons. The molecule has 0 saturated carbocycles. The number of morpholine rings is 1. The highest BCUT2D eigenvalue weighted by molar-refractivity contribution is 7.22. The normalized spacial score (nSPS) is 15.3. The fraction of sp³-hybridized carbons (Fsp3) is 0.333. The molecule has 1 aliphatic rings. The van der Waals surface area contributed by atoms with Crippen LogP contribution in [0.25, 0.3) is 10.2 Å². The summed E-state index contributed by atoms with van der Waals surface area (Å²) in [6.07, 6.45) is 1.81. The summed E-state index contributed by atoms with van der Waals surface area (Å²) < 4.78 is 7.17. The molecule has 0 bridgehead atoms. The van der Waals surface area contributed by atoms with Crippen LogP contribution in [-0.4, -0.2) is 36.3 Å². The van der Waals surface area contributed by atoms with Crippen molar-refractivity contribution in [1.29, 1.82) is 0 Å². The fourth-order valence-electron chi connectivity index (χ4n) is 2.47. The Labute approximate surface area is 146 Å². The second-order valence-electron chi connectivity index (χ2n) is 5.21. The molecule has 4 rings (SSSR count). The van der Waals surface area contributed by atoms with Gasteiger partial charge < -0.3 is 15.0 Å². The first-order valence-electron chi connectivity index (χ1n) is 7.35. The minimum absolute atomic E-state index is 0.579. The van der Waals surface area contributed by atoms with E-state index >= 15 is 0 Å². The van der Waals surface area contributed by atoms with Crippen molar-refractivity contribution in [3.05, 3.63) is 33.7 Å². The zero-order chi connectivity index (χ0) is 15.6. The third-order valence-corrected chi connectivity index (χ3v) is 5.84. The van der Waals surface area contributed by atoms with Gasteiger partial charge in [-0.15, -0.1) is 11.3 Å². The largest absolute Gasteiger partial charge is 0.380 e. The standard InChI is InChI=1S/C15H15ClN4OS2/c16-14-18-9-11(22-14)8-17-10-1-2-12-13(7-10)23-15(19-12)20-3-5-21-6-4-20/h1-2,7,9,17H,3-6,8H2. The summed E-state index contributed by atoms with van der Waals surface area (Å²) >= 11 is 9.09. The number of rotatable bonds is 4. The summed E-state index contributed by atoms with van der Waals surface area (Å²) in [5.41, 5.74) is 2.13. The van der Waals surface area contributed by atoms with E-state index in [1.165, 1.54) is 16.0 Å². The molecule has 3 aromatic rings. The molecule has 8 heteroatoms. The van der Waals surface area contributed by atoms with Gasteiger partial charge in [0.25, 0.3) is 0 Å². The van der Waals surface area contributed by atoms with E-state index in [9.17, 15) is 0 Å². The van der Waals surface area contributed by atoms with Crippen LogP contribution in [0.4, 0.5) is 10.8 Å². The van der Waals surface area contributed by atoms with Crippen molar-refractivity contribution < 1.29 is 4.74 Å². The molecule has 0 aliphatic carbocycles. The van der Waals surface area contributed by atoms with Gasteiger partial charge in [-0.05, 0) is 18.2 Å². The van der Waals surface area contributed by atoms with Crippen molar-refractivity contribution in [2.75, 3.05) is 36.5 Å². The number of fused-ring (bicyclic) bond motifs is 1. The van der Waals surface area contributed by atoms with Crippen LogP contribution in [0, 0.1) is 0 Å². The van der Waals surface area contributed by atoms with E-state index in [0.29, 0.717) is 4.47 Å². The van der Waals surface area contributed by atoms with Crippen LogP contribution in [0.1, 0.15) is 4.88 Å². The zero-order valence-corrected chi connectivity index (χ0v) is 14.7. The van der Waals surface area contributed by atoms with E-state index < -0.39 is 0 Å². The van der Waals surface area contributed by atoms with Crippen LogP contribution in [0.15, 0.2) is 24.4 Å². The quantitative estimate of drug-likeness (QED) is 0.759. The van der Waals surface area contributed by atoms with Gasteiger partial charge in [0.15, 0.2) is 9.60 Å². The number of hydrogen-bond acceptors (Lipinski definition) is 7. The maximum absolute atomic E-state index is 5.86. The minimum Gasteiger partial charge on any atom is -0.380 e. The molecular weight excluding hydrogens is 352 g/mol. The van der Waals surface area contributed by atoms with Crippen LogP contribution in [0.2, 0.25) is 4.47 Å². The van der Waals surface area contributed by atoms with Crippen LogP contribution >= 0.6 is 34.3 Å². The highest BCUT2D eigenvalue weighted by Gasteiger charge is 2.15. The van der Waals surface area contributed by atoms with Crippen LogP contribution < -0.4 is 10.2 Å². The van der Waals surface area contributed by atoms with Gasteiger partial charge >= 0.3 is 0 Å². The Hall–Kier alpha value is -1.41. The molecule has 0 spiro atoms. The van der Waals surface area contributed by atoms with E-state index in [2.05, 4.69) is 33.4 Å². The van der Waals surface area contributed by atoms with Crippen molar-refractivity contribution in [3.63, 3.8) is 0 Å². The fourth-order valence-corrected chi connectivity index (χ4v) is 4.44. The molecule has 1 aromatic carbocycles.